The van der Waals surface area contributed by atoms with Gasteiger partial charge in [0.05, 0.1) is 22.4 Å². The van der Waals surface area contributed by atoms with Crippen molar-refractivity contribution in [2.24, 2.45) is 29.6 Å². The number of hydrogen-bond donors (Lipinski definition) is 2. The van der Waals surface area contributed by atoms with Crippen molar-refractivity contribution in [3.05, 3.63) is 80.3 Å². The van der Waals surface area contributed by atoms with Crippen LogP contribution in [0.1, 0.15) is 35.3 Å². The lowest BCUT2D eigenvalue weighted by atomic mass is 9.68. The molecule has 7 nitrogen and oxygen atoms in total. The zero-order valence-corrected chi connectivity index (χ0v) is 23.2. The Balaban J connectivity index is 1.18. The number of anilines is 1. The SMILES string of the molecule is CC(C(=O)Nc1cccc(C(F)(F)F)c1)N1C(=O)C2C3CC(C2C1=O)C1C(c2ccccc2)c2sc(=O)[nH]c2SC31. The van der Waals surface area contributed by atoms with E-state index < -0.39 is 47.3 Å². The molecule has 2 aliphatic carbocycles. The van der Waals surface area contributed by atoms with Crippen molar-refractivity contribution in [1.82, 2.24) is 9.88 Å². The summed E-state index contributed by atoms with van der Waals surface area (Å²) in [6.45, 7) is 1.43. The van der Waals surface area contributed by atoms with Crippen LogP contribution in [0.5, 0.6) is 0 Å². The number of halogens is 3. The summed E-state index contributed by atoms with van der Waals surface area (Å²) in [4.78, 5) is 57.9. The van der Waals surface area contributed by atoms with Gasteiger partial charge in [-0.2, -0.15) is 13.2 Å². The van der Waals surface area contributed by atoms with Gasteiger partial charge in [0, 0.05) is 21.7 Å². The van der Waals surface area contributed by atoms with Gasteiger partial charge in [0.1, 0.15) is 6.04 Å². The second-order valence-corrected chi connectivity index (χ2v) is 13.4. The monoisotopic (exact) mass is 599 g/mol. The Morgan fingerprint density at radius 3 is 2.44 bits per heavy atom. The van der Waals surface area contributed by atoms with Crippen LogP contribution in [0.3, 0.4) is 0 Å². The highest BCUT2D eigenvalue weighted by atomic mass is 32.2. The van der Waals surface area contributed by atoms with Crippen molar-refractivity contribution in [3.63, 3.8) is 0 Å². The van der Waals surface area contributed by atoms with Crippen LogP contribution in [-0.4, -0.2) is 38.9 Å². The first-order chi connectivity index (χ1) is 19.5. The molecule has 3 fully saturated rings. The zero-order valence-electron chi connectivity index (χ0n) is 21.6. The molecule has 0 spiro atoms. The second kappa shape index (κ2) is 9.32. The maximum Gasteiger partial charge on any atom is 0.416 e. The number of carbonyl (C=O) groups is 3. The molecule has 41 heavy (non-hydrogen) atoms. The standard InChI is InChI=1S/C29H24F3N3O4S2/c1-12(24(36)33-15-9-5-8-14(10-15)29(30,31)32)35-26(37)20-16-11-17(21(20)27(35)38)22-19(16)18(13-6-3-2-4-7-13)23-25(40-22)34-28(39)41-23/h2-10,12,16-22H,11H2,1H3,(H,33,36)(H,34,39). The number of aromatic nitrogens is 1. The van der Waals surface area contributed by atoms with Crippen molar-refractivity contribution in [2.75, 3.05) is 5.32 Å². The molecule has 3 heterocycles. The third-order valence-corrected chi connectivity index (χ3v) is 11.7. The molecule has 0 radical (unpaired) electrons. The first-order valence-electron chi connectivity index (χ1n) is 13.3. The fourth-order valence-corrected chi connectivity index (χ4v) is 10.5. The maximum absolute atomic E-state index is 13.9. The summed E-state index contributed by atoms with van der Waals surface area (Å²) in [6, 6.07) is 12.9. The highest BCUT2D eigenvalue weighted by molar-refractivity contribution is 8.00. The van der Waals surface area contributed by atoms with Gasteiger partial charge < -0.3 is 10.3 Å². The summed E-state index contributed by atoms with van der Waals surface area (Å²) >= 11 is 2.78. The molecule has 2 bridgehead atoms. The van der Waals surface area contributed by atoms with E-state index in [1.165, 1.54) is 30.4 Å². The Kier molecular flexibility index (Phi) is 6.02. The Hall–Kier alpha value is -3.38. The van der Waals surface area contributed by atoms with Crippen LogP contribution < -0.4 is 10.2 Å². The number of nitrogens with zero attached hydrogens (tertiary/aromatic N) is 1. The second-order valence-electron chi connectivity index (χ2n) is 11.2. The number of likely N-dealkylation sites (tertiary alicyclic amines) is 1. The molecule has 8 atom stereocenters. The van der Waals surface area contributed by atoms with Gasteiger partial charge in [-0.15, -0.1) is 11.8 Å². The lowest BCUT2D eigenvalue weighted by Crippen LogP contribution is -2.46. The molecule has 8 unspecified atom stereocenters. The van der Waals surface area contributed by atoms with Gasteiger partial charge in [0.25, 0.3) is 0 Å². The summed E-state index contributed by atoms with van der Waals surface area (Å²) in [5.41, 5.74) is 0.0838. The number of carbonyl (C=O) groups excluding carboxylic acids is 3. The van der Waals surface area contributed by atoms with E-state index in [1.54, 1.807) is 11.8 Å². The molecular formula is C29H24F3N3O4S2. The van der Waals surface area contributed by atoms with E-state index in [0.29, 0.717) is 0 Å². The van der Waals surface area contributed by atoms with Gasteiger partial charge in [0.15, 0.2) is 0 Å². The topological polar surface area (TPSA) is 99.3 Å². The number of amides is 3. The van der Waals surface area contributed by atoms with E-state index in [0.717, 1.165) is 38.9 Å². The van der Waals surface area contributed by atoms with E-state index in [2.05, 4.69) is 10.3 Å². The number of hydrogen-bond acceptors (Lipinski definition) is 6. The molecular weight excluding hydrogens is 575 g/mol. The van der Waals surface area contributed by atoms with Crippen LogP contribution >= 0.6 is 23.1 Å². The van der Waals surface area contributed by atoms with Gasteiger partial charge in [-0.3, -0.25) is 24.1 Å². The predicted molar refractivity (Wildman–Crippen MR) is 146 cm³/mol. The molecule has 2 saturated carbocycles. The van der Waals surface area contributed by atoms with Crippen LogP contribution in [0.4, 0.5) is 18.9 Å². The fourth-order valence-electron chi connectivity index (χ4n) is 7.59. The highest BCUT2D eigenvalue weighted by Gasteiger charge is 2.70. The van der Waals surface area contributed by atoms with Crippen molar-refractivity contribution in [1.29, 1.82) is 0 Å². The quantitative estimate of drug-likeness (QED) is 0.414. The average Bonchev–Trinajstić information content (AvgIpc) is 3.67. The summed E-state index contributed by atoms with van der Waals surface area (Å²) in [5.74, 6) is -2.90. The Labute approximate surface area is 240 Å². The number of thiazole rings is 1. The van der Waals surface area contributed by atoms with Crippen molar-refractivity contribution in [3.8, 4) is 0 Å². The van der Waals surface area contributed by atoms with E-state index in [9.17, 15) is 32.3 Å². The molecule has 1 saturated heterocycles. The minimum absolute atomic E-state index is 0.0233. The van der Waals surface area contributed by atoms with Crippen LogP contribution in [0.15, 0.2) is 64.4 Å². The molecule has 7 rings (SSSR count). The molecule has 2 aliphatic heterocycles. The minimum atomic E-state index is -4.58. The number of thioether (sulfide) groups is 1. The Morgan fingerprint density at radius 2 is 1.73 bits per heavy atom. The molecule has 1 aromatic heterocycles. The van der Waals surface area contributed by atoms with Crippen molar-refractivity contribution in [2.45, 2.75) is 41.8 Å². The smallest absolute Gasteiger partial charge is 0.324 e. The zero-order chi connectivity index (χ0) is 28.8. The van der Waals surface area contributed by atoms with Gasteiger partial charge in [0.2, 0.25) is 17.7 Å². The largest absolute Gasteiger partial charge is 0.416 e. The van der Waals surface area contributed by atoms with E-state index in [4.69, 9.17) is 0 Å². The van der Waals surface area contributed by atoms with E-state index >= 15 is 0 Å². The summed E-state index contributed by atoms with van der Waals surface area (Å²) in [5, 5.41) is 3.29. The molecule has 3 aromatic rings. The first-order valence-corrected chi connectivity index (χ1v) is 15.0. The lowest BCUT2D eigenvalue weighted by molar-refractivity contribution is -0.146. The summed E-state index contributed by atoms with van der Waals surface area (Å²) in [7, 11) is 0. The minimum Gasteiger partial charge on any atom is -0.324 e. The van der Waals surface area contributed by atoms with Gasteiger partial charge >= 0.3 is 11.0 Å². The molecule has 4 aliphatic rings. The molecule has 3 amide bonds. The number of benzene rings is 2. The molecule has 2 N–H and O–H groups in total. The average molecular weight is 600 g/mol. The van der Waals surface area contributed by atoms with Crippen LogP contribution in [0.2, 0.25) is 0 Å². The number of H-pyrrole nitrogens is 1. The summed E-state index contributed by atoms with van der Waals surface area (Å²) < 4.78 is 39.4. The number of nitrogens with one attached hydrogen (secondary N) is 2. The Morgan fingerprint density at radius 1 is 1.02 bits per heavy atom. The number of aromatic amines is 1. The predicted octanol–water partition coefficient (Wildman–Crippen LogP) is 4.96. The molecule has 12 heteroatoms. The first kappa shape index (κ1) is 26.5. The fraction of sp³-hybridized carbons (Fsp3) is 0.379. The van der Waals surface area contributed by atoms with Gasteiger partial charge in [-0.05, 0) is 54.9 Å². The van der Waals surface area contributed by atoms with Crippen LogP contribution in [0.25, 0.3) is 0 Å². The van der Waals surface area contributed by atoms with Crippen molar-refractivity contribution >= 4 is 46.5 Å². The number of fused-ring (bicyclic) bond motifs is 9. The molecule has 2 aromatic carbocycles. The number of alkyl halides is 3. The third kappa shape index (κ3) is 4.01. The van der Waals surface area contributed by atoms with Crippen LogP contribution in [-0.2, 0) is 20.6 Å². The van der Waals surface area contributed by atoms with Crippen molar-refractivity contribution < 1.29 is 27.6 Å². The Bertz CT molecular complexity index is 1640. The number of rotatable bonds is 4. The summed E-state index contributed by atoms with van der Waals surface area (Å²) in [6.07, 6.45) is -3.86. The van der Waals surface area contributed by atoms with Gasteiger partial charge in [-0.25, -0.2) is 0 Å². The third-order valence-electron chi connectivity index (χ3n) is 9.14. The van der Waals surface area contributed by atoms with Gasteiger partial charge in [-0.1, -0.05) is 47.7 Å². The van der Waals surface area contributed by atoms with Crippen LogP contribution in [0, 0.1) is 29.6 Å². The lowest BCUT2D eigenvalue weighted by Gasteiger charge is -2.43. The highest BCUT2D eigenvalue weighted by Crippen LogP contribution is 2.68. The van der Waals surface area contributed by atoms with E-state index in [1.807, 2.05) is 30.3 Å². The number of imide groups is 1. The molecule has 212 valence electrons. The maximum atomic E-state index is 13.9. The van der Waals surface area contributed by atoms with E-state index in [-0.39, 0.29) is 39.5 Å². The normalized spacial score (nSPS) is 30.6.